The number of allylic oxidation sites excluding steroid dienone is 1. The Balaban J connectivity index is 1.45. The van der Waals surface area contributed by atoms with E-state index in [1.54, 1.807) is 39.0 Å². The van der Waals surface area contributed by atoms with Crippen molar-refractivity contribution in [2.24, 2.45) is 5.10 Å². The highest BCUT2D eigenvalue weighted by molar-refractivity contribution is 6.02. The Morgan fingerprint density at radius 1 is 1.05 bits per heavy atom. The molecule has 0 spiro atoms. The molecule has 232 valence electrons. The summed E-state index contributed by atoms with van der Waals surface area (Å²) >= 11 is 0. The van der Waals surface area contributed by atoms with Crippen LogP contribution in [0.3, 0.4) is 0 Å². The van der Waals surface area contributed by atoms with Gasteiger partial charge >= 0.3 is 18.0 Å². The van der Waals surface area contributed by atoms with E-state index in [0.717, 1.165) is 22.2 Å². The molecule has 1 aromatic heterocycles. The number of hydrogen-bond donors (Lipinski definition) is 3. The van der Waals surface area contributed by atoms with Crippen LogP contribution in [0.4, 0.5) is 4.79 Å². The number of benzene rings is 2. The van der Waals surface area contributed by atoms with E-state index >= 15 is 0 Å². The molecule has 3 aromatic rings. The summed E-state index contributed by atoms with van der Waals surface area (Å²) < 4.78 is 23.3. The Morgan fingerprint density at radius 3 is 2.52 bits per heavy atom. The quantitative estimate of drug-likeness (QED) is 0.161. The highest BCUT2D eigenvalue weighted by atomic mass is 16.5. The minimum absolute atomic E-state index is 0.0545. The number of esters is 2. The molecule has 0 saturated carbocycles. The van der Waals surface area contributed by atoms with Crippen LogP contribution in [-0.4, -0.2) is 61.6 Å². The van der Waals surface area contributed by atoms with E-state index in [9.17, 15) is 19.2 Å². The van der Waals surface area contributed by atoms with E-state index in [1.807, 2.05) is 35.8 Å². The monoisotopic (exact) mass is 605 g/mol. The van der Waals surface area contributed by atoms with Crippen molar-refractivity contribution in [1.29, 1.82) is 0 Å². The summed E-state index contributed by atoms with van der Waals surface area (Å²) in [6.07, 6.45) is 1.52. The first-order valence-electron chi connectivity index (χ1n) is 14.0. The second-order valence-corrected chi connectivity index (χ2v) is 9.69. The average Bonchev–Trinajstić information content (AvgIpc) is 3.25. The van der Waals surface area contributed by atoms with Crippen molar-refractivity contribution in [2.75, 3.05) is 26.9 Å². The van der Waals surface area contributed by atoms with Crippen LogP contribution >= 0.6 is 0 Å². The molecular formula is C31H35N5O8. The van der Waals surface area contributed by atoms with Crippen molar-refractivity contribution in [3.8, 4) is 11.5 Å². The first-order valence-corrected chi connectivity index (χ1v) is 14.0. The summed E-state index contributed by atoms with van der Waals surface area (Å²) in [6, 6.07) is 11.2. The molecule has 1 aliphatic rings. The van der Waals surface area contributed by atoms with Gasteiger partial charge in [-0.05, 0) is 51.5 Å². The van der Waals surface area contributed by atoms with Crippen molar-refractivity contribution in [2.45, 2.75) is 40.3 Å². The molecule has 2 heterocycles. The number of rotatable bonds is 12. The Morgan fingerprint density at radius 2 is 1.80 bits per heavy atom. The molecule has 0 unspecified atom stereocenters. The molecule has 4 rings (SSSR count). The van der Waals surface area contributed by atoms with Gasteiger partial charge < -0.3 is 34.1 Å². The van der Waals surface area contributed by atoms with Gasteiger partial charge in [-0.15, -0.1) is 0 Å². The van der Waals surface area contributed by atoms with Gasteiger partial charge in [-0.3, -0.25) is 9.59 Å². The van der Waals surface area contributed by atoms with Gasteiger partial charge in [-0.2, -0.15) is 5.10 Å². The number of nitrogens with one attached hydrogen (secondary N) is 3. The lowest BCUT2D eigenvalue weighted by atomic mass is 9.95. The molecule has 44 heavy (non-hydrogen) atoms. The SMILES string of the molecule is CCOC(=O)Cn1c(C)c(/C=N/NC(=O)COc2ccc([C@@H]3NC(=O)NC(C)=C3C(=O)OCC)cc2OC)c2ccccc21. The van der Waals surface area contributed by atoms with Crippen LogP contribution in [0.1, 0.15) is 43.6 Å². The molecule has 1 atom stereocenters. The number of amides is 3. The third-order valence-electron chi connectivity index (χ3n) is 6.90. The Bertz CT molecular complexity index is 1640. The van der Waals surface area contributed by atoms with Crippen LogP contribution in [0.5, 0.6) is 11.5 Å². The highest BCUT2D eigenvalue weighted by Crippen LogP contribution is 2.34. The number of nitrogens with zero attached hydrogens (tertiary/aromatic N) is 2. The maximum atomic E-state index is 12.6. The first-order chi connectivity index (χ1) is 21.2. The standard InChI is InChI=1S/C31H35N5O8/c1-6-42-27(38)16-36-19(4)22(21-10-8-9-11-23(21)36)15-32-35-26(37)17-44-24-13-12-20(14-25(24)41-5)29-28(30(39)43-7-2)18(3)33-31(40)34-29/h8-15,29H,6-7,16-17H2,1-5H3,(H,35,37)(H2,33,34,40)/b32-15+/t29-/m0/s1. The third kappa shape index (κ3) is 7.00. The van der Waals surface area contributed by atoms with Crippen LogP contribution in [0.25, 0.3) is 10.9 Å². The topological polar surface area (TPSA) is 159 Å². The van der Waals surface area contributed by atoms with Crippen molar-refractivity contribution in [1.82, 2.24) is 20.6 Å². The smallest absolute Gasteiger partial charge is 0.338 e. The number of hydrogen-bond acceptors (Lipinski definition) is 9. The number of hydrazone groups is 1. The maximum absolute atomic E-state index is 12.6. The highest BCUT2D eigenvalue weighted by Gasteiger charge is 2.32. The number of carbonyl (C=O) groups is 4. The Kier molecular flexibility index (Phi) is 10.2. The number of fused-ring (bicyclic) bond motifs is 1. The van der Waals surface area contributed by atoms with Gasteiger partial charge in [0, 0.05) is 27.9 Å². The van der Waals surface area contributed by atoms with Crippen molar-refractivity contribution in [3.05, 3.63) is 70.6 Å². The van der Waals surface area contributed by atoms with E-state index in [1.165, 1.54) is 13.3 Å². The van der Waals surface area contributed by atoms with Crippen LogP contribution < -0.4 is 25.5 Å². The largest absolute Gasteiger partial charge is 0.493 e. The van der Waals surface area contributed by atoms with Crippen LogP contribution in [0, 0.1) is 6.92 Å². The second kappa shape index (κ2) is 14.2. The van der Waals surface area contributed by atoms with Crippen LogP contribution in [-0.2, 0) is 30.4 Å². The van der Waals surface area contributed by atoms with Crippen molar-refractivity contribution < 1.29 is 38.1 Å². The van der Waals surface area contributed by atoms with Crippen molar-refractivity contribution in [3.63, 3.8) is 0 Å². The second-order valence-electron chi connectivity index (χ2n) is 9.69. The van der Waals surface area contributed by atoms with Gasteiger partial charge in [-0.25, -0.2) is 15.0 Å². The zero-order valence-corrected chi connectivity index (χ0v) is 25.2. The summed E-state index contributed by atoms with van der Waals surface area (Å²) in [5.41, 5.74) is 6.04. The fourth-order valence-electron chi connectivity index (χ4n) is 4.91. The number of carbonyl (C=O) groups excluding carboxylic acids is 4. The van der Waals surface area contributed by atoms with Crippen LogP contribution in [0.2, 0.25) is 0 Å². The summed E-state index contributed by atoms with van der Waals surface area (Å²) in [5, 5.41) is 10.3. The average molecular weight is 606 g/mol. The number of para-hydroxylation sites is 1. The molecule has 3 amide bonds. The van der Waals surface area contributed by atoms with Gasteiger partial charge in [-0.1, -0.05) is 24.3 Å². The molecule has 0 radical (unpaired) electrons. The minimum Gasteiger partial charge on any atom is -0.493 e. The fraction of sp³-hybridized carbons (Fsp3) is 0.323. The molecule has 0 fully saturated rings. The van der Waals surface area contributed by atoms with E-state index in [2.05, 4.69) is 21.2 Å². The molecule has 2 aromatic carbocycles. The van der Waals surface area contributed by atoms with E-state index < -0.39 is 23.9 Å². The van der Waals surface area contributed by atoms with E-state index in [4.69, 9.17) is 18.9 Å². The van der Waals surface area contributed by atoms with E-state index in [0.29, 0.717) is 17.9 Å². The molecule has 13 heteroatoms. The maximum Gasteiger partial charge on any atom is 0.338 e. The normalized spacial score (nSPS) is 14.7. The zero-order valence-electron chi connectivity index (χ0n) is 25.2. The van der Waals surface area contributed by atoms with Gasteiger partial charge in [0.1, 0.15) is 6.54 Å². The molecule has 0 aliphatic carbocycles. The lowest BCUT2D eigenvalue weighted by molar-refractivity contribution is -0.143. The lowest BCUT2D eigenvalue weighted by Crippen LogP contribution is -2.45. The molecule has 13 nitrogen and oxygen atoms in total. The van der Waals surface area contributed by atoms with Crippen LogP contribution in [0.15, 0.2) is 58.8 Å². The first kappa shape index (κ1) is 31.6. The molecule has 0 saturated heterocycles. The van der Waals surface area contributed by atoms with E-state index in [-0.39, 0.29) is 42.8 Å². The molecule has 3 N–H and O–H groups in total. The lowest BCUT2D eigenvalue weighted by Gasteiger charge is -2.28. The Hall–Kier alpha value is -5.33. The third-order valence-corrected chi connectivity index (χ3v) is 6.90. The number of methoxy groups -OCH3 is 1. The fourth-order valence-corrected chi connectivity index (χ4v) is 4.91. The summed E-state index contributed by atoms with van der Waals surface area (Å²) in [4.78, 5) is 49.5. The van der Waals surface area contributed by atoms with Crippen molar-refractivity contribution >= 4 is 41.0 Å². The predicted octanol–water partition coefficient (Wildman–Crippen LogP) is 3.24. The molecular weight excluding hydrogens is 570 g/mol. The van der Waals surface area contributed by atoms with Gasteiger partial charge in [0.05, 0.1) is 38.2 Å². The van der Waals surface area contributed by atoms with Gasteiger partial charge in [0.15, 0.2) is 18.1 Å². The zero-order chi connectivity index (χ0) is 31.8. The summed E-state index contributed by atoms with van der Waals surface area (Å²) in [7, 11) is 1.44. The van der Waals surface area contributed by atoms with Gasteiger partial charge in [0.2, 0.25) is 0 Å². The molecule has 1 aliphatic heterocycles. The Labute approximate surface area is 254 Å². The summed E-state index contributed by atoms with van der Waals surface area (Å²) in [6.45, 7) is 7.09. The number of aromatic nitrogens is 1. The number of urea groups is 1. The number of ether oxygens (including phenoxy) is 4. The summed E-state index contributed by atoms with van der Waals surface area (Å²) in [5.74, 6) is -0.864. The minimum atomic E-state index is -0.782. The molecule has 0 bridgehead atoms. The predicted molar refractivity (Wildman–Crippen MR) is 161 cm³/mol. The van der Waals surface area contributed by atoms with Gasteiger partial charge in [0.25, 0.3) is 5.91 Å².